The highest BCUT2D eigenvalue weighted by atomic mass is 16.1. The van der Waals surface area contributed by atoms with Crippen molar-refractivity contribution in [2.75, 3.05) is 0 Å². The summed E-state index contributed by atoms with van der Waals surface area (Å²) in [6.45, 7) is 2.31. The standard InChI is InChI=1S/C10H11N3O/c1-7-2-3-13-9(4-7)8(6-14)12-10(13)5-11/h2-4,6H,5,11H2,1H3. The average Bonchev–Trinajstić information content (AvgIpc) is 2.55. The molecule has 0 aliphatic carbocycles. The van der Waals surface area contributed by atoms with E-state index in [0.29, 0.717) is 18.1 Å². The maximum atomic E-state index is 10.7. The molecule has 0 radical (unpaired) electrons. The van der Waals surface area contributed by atoms with Gasteiger partial charge in [0.2, 0.25) is 0 Å². The predicted molar refractivity (Wildman–Crippen MR) is 53.2 cm³/mol. The van der Waals surface area contributed by atoms with Gasteiger partial charge in [-0.25, -0.2) is 4.98 Å². The van der Waals surface area contributed by atoms with Crippen LogP contribution in [0.4, 0.5) is 0 Å². The van der Waals surface area contributed by atoms with Gasteiger partial charge in [0.05, 0.1) is 12.1 Å². The summed E-state index contributed by atoms with van der Waals surface area (Å²) in [4.78, 5) is 14.9. The van der Waals surface area contributed by atoms with E-state index >= 15 is 0 Å². The zero-order chi connectivity index (χ0) is 10.1. The number of carbonyl (C=O) groups excluding carboxylic acids is 1. The van der Waals surface area contributed by atoms with E-state index in [1.165, 1.54) is 0 Å². The second-order valence-electron chi connectivity index (χ2n) is 3.19. The third kappa shape index (κ3) is 1.20. The van der Waals surface area contributed by atoms with Crippen LogP contribution >= 0.6 is 0 Å². The van der Waals surface area contributed by atoms with E-state index in [-0.39, 0.29) is 0 Å². The van der Waals surface area contributed by atoms with Crippen molar-refractivity contribution in [3.05, 3.63) is 35.4 Å². The third-order valence-corrected chi connectivity index (χ3v) is 2.19. The maximum absolute atomic E-state index is 10.7. The van der Waals surface area contributed by atoms with E-state index in [0.717, 1.165) is 17.4 Å². The summed E-state index contributed by atoms with van der Waals surface area (Å²) in [7, 11) is 0. The molecule has 0 aliphatic rings. The summed E-state index contributed by atoms with van der Waals surface area (Å²) < 4.78 is 1.84. The smallest absolute Gasteiger partial charge is 0.170 e. The number of fused-ring (bicyclic) bond motifs is 1. The van der Waals surface area contributed by atoms with Gasteiger partial charge < -0.3 is 10.1 Å². The number of nitrogens with zero attached hydrogens (tertiary/aromatic N) is 2. The van der Waals surface area contributed by atoms with Gasteiger partial charge in [0, 0.05) is 6.20 Å². The fraction of sp³-hybridized carbons (Fsp3) is 0.200. The number of hydrogen-bond acceptors (Lipinski definition) is 3. The minimum Gasteiger partial charge on any atom is -0.324 e. The van der Waals surface area contributed by atoms with Crippen molar-refractivity contribution < 1.29 is 4.79 Å². The van der Waals surface area contributed by atoms with Crippen LogP contribution in [0.5, 0.6) is 0 Å². The quantitative estimate of drug-likeness (QED) is 0.714. The van der Waals surface area contributed by atoms with Gasteiger partial charge in [-0.3, -0.25) is 4.79 Å². The summed E-state index contributed by atoms with van der Waals surface area (Å²) in [5.74, 6) is 0.710. The fourth-order valence-electron chi connectivity index (χ4n) is 1.51. The van der Waals surface area contributed by atoms with Gasteiger partial charge in [-0.2, -0.15) is 0 Å². The Balaban J connectivity index is 2.82. The monoisotopic (exact) mass is 189 g/mol. The number of rotatable bonds is 2. The Hall–Kier alpha value is -1.68. The van der Waals surface area contributed by atoms with E-state index < -0.39 is 0 Å². The van der Waals surface area contributed by atoms with Crippen LogP contribution in [0.3, 0.4) is 0 Å². The molecule has 2 aromatic rings. The van der Waals surface area contributed by atoms with E-state index in [1.54, 1.807) is 0 Å². The molecule has 14 heavy (non-hydrogen) atoms. The lowest BCUT2D eigenvalue weighted by molar-refractivity contribution is 0.112. The molecule has 0 aromatic carbocycles. The molecule has 0 saturated carbocycles. The first-order valence-corrected chi connectivity index (χ1v) is 4.39. The van der Waals surface area contributed by atoms with Crippen molar-refractivity contribution in [2.45, 2.75) is 13.5 Å². The van der Waals surface area contributed by atoms with Gasteiger partial charge in [-0.1, -0.05) is 0 Å². The molecule has 0 fully saturated rings. The van der Waals surface area contributed by atoms with Gasteiger partial charge in [0.1, 0.15) is 11.5 Å². The van der Waals surface area contributed by atoms with E-state index in [9.17, 15) is 4.79 Å². The Kier molecular flexibility index (Phi) is 2.05. The Bertz CT molecular complexity index is 487. The number of pyridine rings is 1. The number of nitrogens with two attached hydrogens (primary N) is 1. The number of aromatic nitrogens is 2. The predicted octanol–water partition coefficient (Wildman–Crippen LogP) is 0.914. The number of hydrogen-bond donors (Lipinski definition) is 1. The highest BCUT2D eigenvalue weighted by molar-refractivity contribution is 5.84. The normalized spacial score (nSPS) is 10.7. The van der Waals surface area contributed by atoms with E-state index in [2.05, 4.69) is 4.98 Å². The molecule has 0 unspecified atom stereocenters. The van der Waals surface area contributed by atoms with Crippen LogP contribution < -0.4 is 5.73 Å². The third-order valence-electron chi connectivity index (χ3n) is 2.19. The minimum atomic E-state index is 0.331. The van der Waals surface area contributed by atoms with Gasteiger partial charge in [-0.15, -0.1) is 0 Å². The number of imidazole rings is 1. The lowest BCUT2D eigenvalue weighted by Crippen LogP contribution is -2.02. The summed E-state index contributed by atoms with van der Waals surface area (Å²) >= 11 is 0. The van der Waals surface area contributed by atoms with Crippen LogP contribution in [0.25, 0.3) is 5.52 Å². The zero-order valence-corrected chi connectivity index (χ0v) is 7.90. The lowest BCUT2D eigenvalue weighted by Gasteiger charge is -1.98. The fourth-order valence-corrected chi connectivity index (χ4v) is 1.51. The van der Waals surface area contributed by atoms with Crippen LogP contribution in [0.15, 0.2) is 18.3 Å². The second-order valence-corrected chi connectivity index (χ2v) is 3.19. The summed E-state index contributed by atoms with van der Waals surface area (Å²) in [5, 5.41) is 0. The molecule has 2 rings (SSSR count). The lowest BCUT2D eigenvalue weighted by atomic mass is 10.2. The molecule has 72 valence electrons. The molecule has 0 aliphatic heterocycles. The van der Waals surface area contributed by atoms with Crippen molar-refractivity contribution in [1.29, 1.82) is 0 Å². The highest BCUT2D eigenvalue weighted by Crippen LogP contribution is 2.13. The van der Waals surface area contributed by atoms with Gasteiger partial charge in [0.25, 0.3) is 0 Å². The first-order chi connectivity index (χ1) is 6.76. The van der Waals surface area contributed by atoms with Crippen molar-refractivity contribution in [3.63, 3.8) is 0 Å². The van der Waals surface area contributed by atoms with Crippen LogP contribution in [0.2, 0.25) is 0 Å². The Morgan fingerprint density at radius 1 is 1.64 bits per heavy atom. The molecule has 2 heterocycles. The van der Waals surface area contributed by atoms with Gasteiger partial charge >= 0.3 is 0 Å². The first kappa shape index (κ1) is 8.90. The van der Waals surface area contributed by atoms with Crippen molar-refractivity contribution in [2.24, 2.45) is 5.73 Å². The van der Waals surface area contributed by atoms with Crippen LogP contribution in [0.1, 0.15) is 21.9 Å². The summed E-state index contributed by atoms with van der Waals surface area (Å²) in [5.41, 5.74) is 7.90. The molecular weight excluding hydrogens is 178 g/mol. The second kappa shape index (κ2) is 3.23. The van der Waals surface area contributed by atoms with E-state index in [4.69, 9.17) is 5.73 Å². The number of aldehydes is 1. The molecule has 2 N–H and O–H groups in total. The Morgan fingerprint density at radius 2 is 2.43 bits per heavy atom. The summed E-state index contributed by atoms with van der Waals surface area (Å²) in [6.07, 6.45) is 2.64. The number of carbonyl (C=O) groups is 1. The van der Waals surface area contributed by atoms with Crippen LogP contribution in [-0.2, 0) is 6.54 Å². The molecular formula is C10H11N3O. The van der Waals surface area contributed by atoms with Crippen LogP contribution in [-0.4, -0.2) is 15.7 Å². The molecule has 4 nitrogen and oxygen atoms in total. The van der Waals surface area contributed by atoms with Crippen molar-refractivity contribution >= 4 is 11.8 Å². The molecule has 2 aromatic heterocycles. The minimum absolute atomic E-state index is 0.331. The maximum Gasteiger partial charge on any atom is 0.170 e. The molecule has 0 bridgehead atoms. The summed E-state index contributed by atoms with van der Waals surface area (Å²) in [6, 6.07) is 3.89. The molecule has 0 saturated heterocycles. The Morgan fingerprint density at radius 3 is 3.07 bits per heavy atom. The highest BCUT2D eigenvalue weighted by Gasteiger charge is 2.08. The number of aryl methyl sites for hydroxylation is 1. The van der Waals surface area contributed by atoms with Gasteiger partial charge in [0.15, 0.2) is 6.29 Å². The molecule has 4 heteroatoms. The SMILES string of the molecule is Cc1ccn2c(CN)nc(C=O)c2c1. The van der Waals surface area contributed by atoms with E-state index in [1.807, 2.05) is 29.7 Å². The molecule has 0 spiro atoms. The topological polar surface area (TPSA) is 60.4 Å². The van der Waals surface area contributed by atoms with Crippen molar-refractivity contribution in [3.8, 4) is 0 Å². The average molecular weight is 189 g/mol. The van der Waals surface area contributed by atoms with Crippen molar-refractivity contribution in [1.82, 2.24) is 9.38 Å². The first-order valence-electron chi connectivity index (χ1n) is 4.39. The molecule has 0 atom stereocenters. The zero-order valence-electron chi connectivity index (χ0n) is 7.90. The van der Waals surface area contributed by atoms with Gasteiger partial charge in [-0.05, 0) is 24.6 Å². The Labute approximate surface area is 81.4 Å². The largest absolute Gasteiger partial charge is 0.324 e. The van der Waals surface area contributed by atoms with Crippen LogP contribution in [0, 0.1) is 6.92 Å². The molecule has 0 amide bonds.